The second kappa shape index (κ2) is 11.8. The fourth-order valence-corrected chi connectivity index (χ4v) is 3.44. The van der Waals surface area contributed by atoms with E-state index in [2.05, 4.69) is 29.6 Å². The molecule has 0 aromatic heterocycles. The van der Waals surface area contributed by atoms with Gasteiger partial charge in [-0.1, -0.05) is 87.2 Å². The summed E-state index contributed by atoms with van der Waals surface area (Å²) in [5.41, 5.74) is 4.49. The van der Waals surface area contributed by atoms with Crippen molar-refractivity contribution < 1.29 is 9.53 Å². The Balaban J connectivity index is 1.53. The highest BCUT2D eigenvalue weighted by Gasteiger charge is 2.06. The molecule has 0 atom stereocenters. The molecule has 4 heteroatoms. The second-order valence-electron chi connectivity index (χ2n) is 7.41. The van der Waals surface area contributed by atoms with Gasteiger partial charge in [-0.05, 0) is 34.9 Å². The minimum Gasteiger partial charge on any atom is -0.493 e. The molecule has 3 aromatic carbocycles. The Morgan fingerprint density at radius 3 is 2.60 bits per heavy atom. The maximum atomic E-state index is 12.4. The van der Waals surface area contributed by atoms with Crippen molar-refractivity contribution in [2.24, 2.45) is 5.10 Å². The van der Waals surface area contributed by atoms with Gasteiger partial charge in [0.2, 0.25) is 5.91 Å². The molecular weight excluding hydrogens is 372 g/mol. The van der Waals surface area contributed by atoms with Gasteiger partial charge in [0.25, 0.3) is 0 Å². The van der Waals surface area contributed by atoms with Crippen molar-refractivity contribution in [1.82, 2.24) is 5.43 Å². The number of nitrogens with zero attached hydrogens (tertiary/aromatic N) is 1. The van der Waals surface area contributed by atoms with Crippen LogP contribution in [-0.2, 0) is 11.2 Å². The van der Waals surface area contributed by atoms with Crippen molar-refractivity contribution >= 4 is 22.9 Å². The summed E-state index contributed by atoms with van der Waals surface area (Å²) in [5.74, 6) is 0.650. The summed E-state index contributed by atoms with van der Waals surface area (Å²) < 4.78 is 5.91. The maximum absolute atomic E-state index is 12.4. The van der Waals surface area contributed by atoms with Crippen molar-refractivity contribution in [3.8, 4) is 5.75 Å². The first-order valence-corrected chi connectivity index (χ1v) is 10.8. The number of carbonyl (C=O) groups excluding carboxylic acids is 1. The van der Waals surface area contributed by atoms with Crippen LogP contribution in [0.5, 0.6) is 5.75 Å². The van der Waals surface area contributed by atoms with E-state index >= 15 is 0 Å². The van der Waals surface area contributed by atoms with Crippen molar-refractivity contribution in [2.75, 3.05) is 6.61 Å². The predicted octanol–water partition coefficient (Wildman–Crippen LogP) is 5.88. The summed E-state index contributed by atoms with van der Waals surface area (Å²) >= 11 is 0. The maximum Gasteiger partial charge on any atom is 0.244 e. The van der Waals surface area contributed by atoms with Crippen LogP contribution >= 0.6 is 0 Å². The van der Waals surface area contributed by atoms with Crippen molar-refractivity contribution in [3.63, 3.8) is 0 Å². The Kier molecular flexibility index (Phi) is 8.46. The summed E-state index contributed by atoms with van der Waals surface area (Å²) in [6, 6.07) is 21.8. The molecule has 0 saturated heterocycles. The van der Waals surface area contributed by atoms with Crippen LogP contribution in [0.15, 0.2) is 71.8 Å². The molecule has 0 fully saturated rings. The first kappa shape index (κ1) is 21.6. The molecule has 30 heavy (non-hydrogen) atoms. The zero-order valence-electron chi connectivity index (χ0n) is 17.6. The number of unbranched alkanes of at least 4 members (excludes halogenated alkanes) is 4. The number of carbonyl (C=O) groups is 1. The molecule has 3 rings (SSSR count). The summed E-state index contributed by atoms with van der Waals surface area (Å²) in [5, 5.41) is 6.37. The highest BCUT2D eigenvalue weighted by atomic mass is 16.5. The number of hydrogen-bond donors (Lipinski definition) is 1. The highest BCUT2D eigenvalue weighted by molar-refractivity contribution is 5.91. The first-order valence-electron chi connectivity index (χ1n) is 10.8. The Bertz CT molecular complexity index is 976. The lowest BCUT2D eigenvalue weighted by Gasteiger charge is -2.09. The van der Waals surface area contributed by atoms with Crippen LogP contribution in [0.4, 0.5) is 0 Å². The van der Waals surface area contributed by atoms with Crippen LogP contribution < -0.4 is 10.2 Å². The average molecular weight is 403 g/mol. The van der Waals surface area contributed by atoms with E-state index in [0.717, 1.165) is 34.1 Å². The van der Waals surface area contributed by atoms with Gasteiger partial charge in [-0.15, -0.1) is 0 Å². The number of benzene rings is 3. The molecule has 156 valence electrons. The number of hydrogen-bond acceptors (Lipinski definition) is 3. The standard InChI is InChI=1S/C26H30N2O2/c1-2-3-4-5-10-18-30-25-17-9-7-13-23(25)20-27-28-26(29)19-22-15-11-14-21-12-6-8-16-24(21)22/h6-9,11-17,20H,2-5,10,18-19H2,1H3,(H,28,29)/b27-20+. The zero-order valence-corrected chi connectivity index (χ0v) is 17.6. The number of ether oxygens (including phenoxy) is 1. The molecule has 3 aromatic rings. The summed E-state index contributed by atoms with van der Waals surface area (Å²) in [6.45, 7) is 2.91. The number of amides is 1. The average Bonchev–Trinajstić information content (AvgIpc) is 2.77. The van der Waals surface area contributed by atoms with Crippen LogP contribution in [0.2, 0.25) is 0 Å². The molecule has 0 unspecified atom stereocenters. The van der Waals surface area contributed by atoms with Gasteiger partial charge in [0.1, 0.15) is 5.75 Å². The number of fused-ring (bicyclic) bond motifs is 1. The zero-order chi connectivity index (χ0) is 21.0. The SMILES string of the molecule is CCCCCCCOc1ccccc1/C=N/NC(=O)Cc1cccc2ccccc12. The van der Waals surface area contributed by atoms with Crippen molar-refractivity contribution in [2.45, 2.75) is 45.4 Å². The number of hydrazone groups is 1. The van der Waals surface area contributed by atoms with Gasteiger partial charge in [-0.25, -0.2) is 5.43 Å². The van der Waals surface area contributed by atoms with E-state index in [0.29, 0.717) is 6.61 Å². The van der Waals surface area contributed by atoms with Crippen LogP contribution in [-0.4, -0.2) is 18.7 Å². The quantitative estimate of drug-likeness (QED) is 0.247. The molecule has 0 heterocycles. The van der Waals surface area contributed by atoms with E-state index in [1.807, 2.05) is 54.6 Å². The Labute approximate surface area is 179 Å². The molecule has 1 N–H and O–H groups in total. The van der Waals surface area contributed by atoms with Crippen LogP contribution in [0.3, 0.4) is 0 Å². The summed E-state index contributed by atoms with van der Waals surface area (Å²) in [7, 11) is 0. The Morgan fingerprint density at radius 1 is 0.933 bits per heavy atom. The molecule has 1 amide bonds. The number of rotatable bonds is 11. The van der Waals surface area contributed by atoms with E-state index in [-0.39, 0.29) is 12.3 Å². The van der Waals surface area contributed by atoms with Crippen LogP contribution in [0.1, 0.15) is 50.2 Å². The van der Waals surface area contributed by atoms with Crippen LogP contribution in [0.25, 0.3) is 10.8 Å². The van der Waals surface area contributed by atoms with E-state index in [9.17, 15) is 4.79 Å². The fraction of sp³-hybridized carbons (Fsp3) is 0.308. The highest BCUT2D eigenvalue weighted by Crippen LogP contribution is 2.19. The van der Waals surface area contributed by atoms with Crippen LogP contribution in [0, 0.1) is 0 Å². The van der Waals surface area contributed by atoms with Gasteiger partial charge in [0, 0.05) is 5.56 Å². The summed E-state index contributed by atoms with van der Waals surface area (Å²) in [6.07, 6.45) is 7.95. The minimum atomic E-state index is -0.142. The first-order chi connectivity index (χ1) is 14.8. The third-order valence-corrected chi connectivity index (χ3v) is 5.05. The molecular formula is C26H30N2O2. The number of nitrogens with one attached hydrogen (secondary N) is 1. The molecule has 4 nitrogen and oxygen atoms in total. The Hall–Kier alpha value is -3.14. The molecule has 0 bridgehead atoms. The monoisotopic (exact) mass is 402 g/mol. The molecule has 0 radical (unpaired) electrons. The third-order valence-electron chi connectivity index (χ3n) is 5.05. The van der Waals surface area contributed by atoms with E-state index in [1.165, 1.54) is 25.7 Å². The van der Waals surface area contributed by atoms with Gasteiger partial charge in [0.05, 0.1) is 19.2 Å². The van der Waals surface area contributed by atoms with E-state index < -0.39 is 0 Å². The molecule has 0 spiro atoms. The second-order valence-corrected chi connectivity index (χ2v) is 7.41. The van der Waals surface area contributed by atoms with Crippen molar-refractivity contribution in [3.05, 3.63) is 77.9 Å². The third kappa shape index (κ3) is 6.45. The summed E-state index contributed by atoms with van der Waals surface area (Å²) in [4.78, 5) is 12.4. The number of para-hydroxylation sites is 1. The predicted molar refractivity (Wildman–Crippen MR) is 124 cm³/mol. The van der Waals surface area contributed by atoms with Gasteiger partial charge < -0.3 is 4.74 Å². The van der Waals surface area contributed by atoms with E-state index in [4.69, 9.17) is 4.74 Å². The topological polar surface area (TPSA) is 50.7 Å². The smallest absolute Gasteiger partial charge is 0.244 e. The minimum absolute atomic E-state index is 0.142. The molecule has 0 aliphatic heterocycles. The largest absolute Gasteiger partial charge is 0.493 e. The van der Waals surface area contributed by atoms with Gasteiger partial charge >= 0.3 is 0 Å². The van der Waals surface area contributed by atoms with Gasteiger partial charge in [0.15, 0.2) is 0 Å². The molecule has 0 aliphatic rings. The lowest BCUT2D eigenvalue weighted by molar-refractivity contribution is -0.120. The normalized spacial score (nSPS) is 11.1. The molecule has 0 aliphatic carbocycles. The lowest BCUT2D eigenvalue weighted by atomic mass is 10.0. The van der Waals surface area contributed by atoms with Crippen molar-refractivity contribution in [1.29, 1.82) is 0 Å². The van der Waals surface area contributed by atoms with Gasteiger partial charge in [-0.3, -0.25) is 4.79 Å². The van der Waals surface area contributed by atoms with Gasteiger partial charge in [-0.2, -0.15) is 5.10 Å². The Morgan fingerprint density at radius 2 is 1.70 bits per heavy atom. The molecule has 0 saturated carbocycles. The van der Waals surface area contributed by atoms with E-state index in [1.54, 1.807) is 6.21 Å². The fourth-order valence-electron chi connectivity index (χ4n) is 3.44. The lowest BCUT2D eigenvalue weighted by Crippen LogP contribution is -2.20.